The molecule has 0 radical (unpaired) electrons. The number of carbonyl (C=O) groups excluding carboxylic acids is 1. The Morgan fingerprint density at radius 3 is 2.81 bits per heavy atom. The first kappa shape index (κ1) is 18.3. The molecule has 2 aromatic carbocycles. The van der Waals surface area contributed by atoms with Crippen LogP contribution in [0, 0.1) is 13.8 Å². The SMILES string of the molecule is CCOc1ccc2nc(SC(C)C(=O)Nc3ccc(C)cc3C)[nH]c2c1. The topological polar surface area (TPSA) is 67.0 Å². The highest BCUT2D eigenvalue weighted by Crippen LogP contribution is 2.27. The quantitative estimate of drug-likeness (QED) is 0.618. The lowest BCUT2D eigenvalue weighted by Crippen LogP contribution is -2.23. The van der Waals surface area contributed by atoms with Gasteiger partial charge in [0.25, 0.3) is 0 Å². The number of hydrogen-bond acceptors (Lipinski definition) is 4. The number of benzene rings is 2. The van der Waals surface area contributed by atoms with Gasteiger partial charge in [-0.1, -0.05) is 29.5 Å². The van der Waals surface area contributed by atoms with E-state index in [1.807, 2.05) is 58.0 Å². The number of aromatic amines is 1. The zero-order valence-electron chi connectivity index (χ0n) is 15.4. The smallest absolute Gasteiger partial charge is 0.237 e. The van der Waals surface area contributed by atoms with E-state index in [2.05, 4.69) is 21.4 Å². The van der Waals surface area contributed by atoms with Crippen molar-refractivity contribution >= 4 is 34.4 Å². The zero-order valence-corrected chi connectivity index (χ0v) is 16.2. The van der Waals surface area contributed by atoms with E-state index in [0.717, 1.165) is 33.2 Å². The number of anilines is 1. The molecule has 1 atom stereocenters. The van der Waals surface area contributed by atoms with E-state index in [4.69, 9.17) is 4.74 Å². The molecule has 5 nitrogen and oxygen atoms in total. The van der Waals surface area contributed by atoms with Gasteiger partial charge in [0, 0.05) is 11.8 Å². The largest absolute Gasteiger partial charge is 0.494 e. The van der Waals surface area contributed by atoms with Gasteiger partial charge in [0.15, 0.2) is 5.16 Å². The fourth-order valence-corrected chi connectivity index (χ4v) is 3.51. The van der Waals surface area contributed by atoms with Crippen LogP contribution in [0.15, 0.2) is 41.6 Å². The number of nitrogens with one attached hydrogen (secondary N) is 2. The van der Waals surface area contributed by atoms with E-state index in [-0.39, 0.29) is 11.2 Å². The van der Waals surface area contributed by atoms with Crippen molar-refractivity contribution in [3.8, 4) is 5.75 Å². The molecule has 3 aromatic rings. The van der Waals surface area contributed by atoms with Crippen molar-refractivity contribution < 1.29 is 9.53 Å². The van der Waals surface area contributed by atoms with E-state index in [1.54, 1.807) is 0 Å². The normalized spacial score (nSPS) is 12.2. The van der Waals surface area contributed by atoms with Crippen molar-refractivity contribution in [3.63, 3.8) is 0 Å². The second-order valence-corrected chi connectivity index (χ2v) is 7.55. The second-order valence-electron chi connectivity index (χ2n) is 6.22. The lowest BCUT2D eigenvalue weighted by molar-refractivity contribution is -0.115. The summed E-state index contributed by atoms with van der Waals surface area (Å²) >= 11 is 1.41. The number of thioether (sulfide) groups is 1. The monoisotopic (exact) mass is 369 g/mol. The summed E-state index contributed by atoms with van der Waals surface area (Å²) in [4.78, 5) is 20.3. The van der Waals surface area contributed by atoms with Gasteiger partial charge in [0.05, 0.1) is 22.9 Å². The third-order valence-corrected chi connectivity index (χ3v) is 5.02. The number of aromatic nitrogens is 2. The van der Waals surface area contributed by atoms with Gasteiger partial charge < -0.3 is 15.0 Å². The van der Waals surface area contributed by atoms with Crippen molar-refractivity contribution in [2.24, 2.45) is 0 Å². The molecule has 1 aromatic heterocycles. The Hall–Kier alpha value is -2.47. The number of ether oxygens (including phenoxy) is 1. The third kappa shape index (κ3) is 4.19. The average Bonchev–Trinajstić information content (AvgIpc) is 2.99. The summed E-state index contributed by atoms with van der Waals surface area (Å²) < 4.78 is 5.51. The Morgan fingerprint density at radius 1 is 1.27 bits per heavy atom. The predicted octanol–water partition coefficient (Wildman–Crippen LogP) is 4.70. The molecular weight excluding hydrogens is 346 g/mol. The van der Waals surface area contributed by atoms with Gasteiger partial charge in [0.2, 0.25) is 5.91 Å². The lowest BCUT2D eigenvalue weighted by Gasteiger charge is -2.12. The van der Waals surface area contributed by atoms with E-state index in [9.17, 15) is 4.79 Å². The number of rotatable bonds is 6. The van der Waals surface area contributed by atoms with Crippen molar-refractivity contribution in [1.82, 2.24) is 9.97 Å². The van der Waals surface area contributed by atoms with Gasteiger partial charge in [-0.25, -0.2) is 4.98 Å². The summed E-state index contributed by atoms with van der Waals surface area (Å²) in [5, 5.41) is 3.44. The van der Waals surface area contributed by atoms with Crippen molar-refractivity contribution in [1.29, 1.82) is 0 Å². The Bertz CT molecular complexity index is 936. The number of aryl methyl sites for hydroxylation is 2. The first-order valence-corrected chi connectivity index (χ1v) is 9.51. The van der Waals surface area contributed by atoms with Crippen molar-refractivity contribution in [2.75, 3.05) is 11.9 Å². The average molecular weight is 369 g/mol. The van der Waals surface area contributed by atoms with Crippen LogP contribution in [0.4, 0.5) is 5.69 Å². The molecule has 2 N–H and O–H groups in total. The number of nitrogens with zero attached hydrogens (tertiary/aromatic N) is 1. The summed E-state index contributed by atoms with van der Waals surface area (Å²) in [7, 11) is 0. The fraction of sp³-hybridized carbons (Fsp3) is 0.300. The number of carbonyl (C=O) groups is 1. The summed E-state index contributed by atoms with van der Waals surface area (Å²) in [5.41, 5.74) is 4.84. The van der Waals surface area contributed by atoms with E-state index < -0.39 is 0 Å². The molecule has 26 heavy (non-hydrogen) atoms. The number of amides is 1. The number of fused-ring (bicyclic) bond motifs is 1. The molecule has 0 saturated carbocycles. The van der Waals surface area contributed by atoms with Crippen LogP contribution in [-0.2, 0) is 4.79 Å². The molecule has 0 aliphatic heterocycles. The van der Waals surface area contributed by atoms with Gasteiger partial charge in [-0.3, -0.25) is 4.79 Å². The molecule has 0 aliphatic carbocycles. The fourth-order valence-electron chi connectivity index (χ4n) is 2.69. The Morgan fingerprint density at radius 2 is 2.08 bits per heavy atom. The molecule has 1 amide bonds. The second kappa shape index (κ2) is 7.83. The number of hydrogen-bond donors (Lipinski definition) is 2. The van der Waals surface area contributed by atoms with Gasteiger partial charge >= 0.3 is 0 Å². The van der Waals surface area contributed by atoms with E-state index >= 15 is 0 Å². The van der Waals surface area contributed by atoms with Crippen LogP contribution in [0.5, 0.6) is 5.75 Å². The van der Waals surface area contributed by atoms with Gasteiger partial charge in [0.1, 0.15) is 5.75 Å². The summed E-state index contributed by atoms with van der Waals surface area (Å²) in [6, 6.07) is 11.7. The van der Waals surface area contributed by atoms with Gasteiger partial charge in [-0.15, -0.1) is 0 Å². The van der Waals surface area contributed by atoms with Crippen molar-refractivity contribution in [3.05, 3.63) is 47.5 Å². The van der Waals surface area contributed by atoms with Crippen LogP contribution >= 0.6 is 11.8 Å². The molecule has 6 heteroatoms. The lowest BCUT2D eigenvalue weighted by atomic mass is 10.1. The number of imidazole rings is 1. The van der Waals surface area contributed by atoms with E-state index in [1.165, 1.54) is 17.3 Å². The summed E-state index contributed by atoms with van der Waals surface area (Å²) in [5.74, 6) is 0.762. The Labute approximate surface area is 157 Å². The van der Waals surface area contributed by atoms with Crippen LogP contribution in [0.2, 0.25) is 0 Å². The summed E-state index contributed by atoms with van der Waals surface area (Å²) in [6.07, 6.45) is 0. The van der Waals surface area contributed by atoms with Crippen molar-refractivity contribution in [2.45, 2.75) is 38.1 Å². The molecule has 0 saturated heterocycles. The highest BCUT2D eigenvalue weighted by molar-refractivity contribution is 8.00. The van der Waals surface area contributed by atoms with Crippen LogP contribution in [0.1, 0.15) is 25.0 Å². The standard InChI is InChI=1S/C20H23N3O2S/c1-5-25-15-7-9-17-18(11-15)23-20(22-17)26-14(4)19(24)21-16-8-6-12(2)10-13(16)3/h6-11,14H,5H2,1-4H3,(H,21,24)(H,22,23). The molecule has 1 heterocycles. The minimum Gasteiger partial charge on any atom is -0.494 e. The van der Waals surface area contributed by atoms with Gasteiger partial charge in [-0.05, 0) is 51.5 Å². The Kier molecular flexibility index (Phi) is 5.52. The molecule has 0 aliphatic rings. The van der Waals surface area contributed by atoms with Crippen LogP contribution < -0.4 is 10.1 Å². The molecule has 3 rings (SSSR count). The van der Waals surface area contributed by atoms with Crippen LogP contribution in [-0.4, -0.2) is 27.7 Å². The highest BCUT2D eigenvalue weighted by atomic mass is 32.2. The summed E-state index contributed by atoms with van der Waals surface area (Å²) in [6.45, 7) is 8.49. The van der Waals surface area contributed by atoms with Crippen LogP contribution in [0.3, 0.4) is 0 Å². The third-order valence-electron chi connectivity index (χ3n) is 4.04. The van der Waals surface area contributed by atoms with Gasteiger partial charge in [-0.2, -0.15) is 0 Å². The maximum Gasteiger partial charge on any atom is 0.237 e. The molecule has 1 unspecified atom stereocenters. The minimum absolute atomic E-state index is 0.0441. The maximum atomic E-state index is 12.5. The van der Waals surface area contributed by atoms with Crippen LogP contribution in [0.25, 0.3) is 11.0 Å². The van der Waals surface area contributed by atoms with E-state index in [0.29, 0.717) is 6.61 Å². The first-order valence-electron chi connectivity index (χ1n) is 8.63. The zero-order chi connectivity index (χ0) is 18.7. The molecular formula is C20H23N3O2S. The highest BCUT2D eigenvalue weighted by Gasteiger charge is 2.17. The minimum atomic E-state index is -0.275. The Balaban J connectivity index is 1.69. The maximum absolute atomic E-state index is 12.5. The molecule has 136 valence electrons. The predicted molar refractivity (Wildman–Crippen MR) is 107 cm³/mol. The molecule has 0 bridgehead atoms. The first-order chi connectivity index (χ1) is 12.5. The number of H-pyrrole nitrogens is 1. The molecule has 0 fully saturated rings. The molecule has 0 spiro atoms.